The van der Waals surface area contributed by atoms with Crippen molar-refractivity contribution >= 4 is 28.1 Å². The van der Waals surface area contributed by atoms with Gasteiger partial charge in [-0.05, 0) is 35.0 Å². The third-order valence-electron chi connectivity index (χ3n) is 3.61. The van der Waals surface area contributed by atoms with Gasteiger partial charge in [0.15, 0.2) is 0 Å². The number of anilines is 2. The zero-order valence-corrected chi connectivity index (χ0v) is 12.5. The van der Waals surface area contributed by atoms with Gasteiger partial charge in [-0.2, -0.15) is 0 Å². The molecule has 0 aliphatic rings. The number of nitrogens with one attached hydrogen (secondary N) is 1. The van der Waals surface area contributed by atoms with Crippen LogP contribution < -0.4 is 10.2 Å². The molecule has 3 nitrogen and oxygen atoms in total. The van der Waals surface area contributed by atoms with Crippen LogP contribution in [0.1, 0.15) is 0 Å². The van der Waals surface area contributed by atoms with Gasteiger partial charge in [-0.15, -0.1) is 0 Å². The summed E-state index contributed by atoms with van der Waals surface area (Å²) in [6, 6.07) is 23.9. The highest BCUT2D eigenvalue weighted by atomic mass is 16.2. The van der Waals surface area contributed by atoms with Gasteiger partial charge >= 0.3 is 0 Å². The second-order valence-corrected chi connectivity index (χ2v) is 5.30. The monoisotopic (exact) mass is 290 g/mol. The Balaban J connectivity index is 1.70. The Morgan fingerprint density at radius 1 is 0.909 bits per heavy atom. The van der Waals surface area contributed by atoms with Gasteiger partial charge in [-0.1, -0.05) is 48.5 Å². The Kier molecular flexibility index (Phi) is 4.05. The first-order chi connectivity index (χ1) is 10.7. The van der Waals surface area contributed by atoms with Gasteiger partial charge in [0, 0.05) is 18.4 Å². The number of carbonyl (C=O) groups is 1. The van der Waals surface area contributed by atoms with Gasteiger partial charge in [-0.3, -0.25) is 4.79 Å². The quantitative estimate of drug-likeness (QED) is 0.790. The smallest absolute Gasteiger partial charge is 0.243 e. The van der Waals surface area contributed by atoms with Gasteiger partial charge in [0.1, 0.15) is 0 Å². The van der Waals surface area contributed by atoms with E-state index >= 15 is 0 Å². The van der Waals surface area contributed by atoms with Gasteiger partial charge in [-0.25, -0.2) is 0 Å². The van der Waals surface area contributed by atoms with Crippen LogP contribution in [0.4, 0.5) is 11.4 Å². The van der Waals surface area contributed by atoms with Crippen molar-refractivity contribution in [2.75, 3.05) is 23.8 Å². The van der Waals surface area contributed by atoms with E-state index in [1.807, 2.05) is 60.5 Å². The molecule has 0 aromatic heterocycles. The first kappa shape index (κ1) is 14.1. The number of amides is 1. The van der Waals surface area contributed by atoms with Crippen LogP contribution in [0, 0.1) is 0 Å². The normalized spacial score (nSPS) is 10.4. The van der Waals surface area contributed by atoms with E-state index in [1.165, 1.54) is 10.8 Å². The summed E-state index contributed by atoms with van der Waals surface area (Å²) in [5, 5.41) is 5.28. The Morgan fingerprint density at radius 3 is 2.36 bits per heavy atom. The van der Waals surface area contributed by atoms with Crippen LogP contribution in [0.5, 0.6) is 0 Å². The molecule has 22 heavy (non-hydrogen) atoms. The van der Waals surface area contributed by atoms with Crippen molar-refractivity contribution in [1.29, 1.82) is 0 Å². The third kappa shape index (κ3) is 3.26. The molecule has 3 heteroatoms. The van der Waals surface area contributed by atoms with Crippen LogP contribution in [-0.2, 0) is 4.79 Å². The summed E-state index contributed by atoms with van der Waals surface area (Å²) in [4.78, 5) is 14.1. The van der Waals surface area contributed by atoms with Crippen molar-refractivity contribution < 1.29 is 4.79 Å². The van der Waals surface area contributed by atoms with Crippen LogP contribution in [-0.4, -0.2) is 19.5 Å². The van der Waals surface area contributed by atoms with E-state index < -0.39 is 0 Å². The predicted molar refractivity (Wildman–Crippen MR) is 92.3 cm³/mol. The highest BCUT2D eigenvalue weighted by molar-refractivity contribution is 5.94. The lowest BCUT2D eigenvalue weighted by Crippen LogP contribution is -2.29. The SMILES string of the molecule is CN(CC(=O)Nc1ccccc1)c1ccc2ccccc2c1. The lowest BCUT2D eigenvalue weighted by molar-refractivity contribution is -0.114. The minimum absolute atomic E-state index is 0.0261. The number of likely N-dealkylation sites (N-methyl/N-ethyl adjacent to an activating group) is 1. The average molecular weight is 290 g/mol. The van der Waals surface area contributed by atoms with Gasteiger partial charge < -0.3 is 10.2 Å². The summed E-state index contributed by atoms with van der Waals surface area (Å²) < 4.78 is 0. The molecule has 0 radical (unpaired) electrons. The molecule has 1 N–H and O–H groups in total. The predicted octanol–water partition coefficient (Wildman–Crippen LogP) is 3.91. The number of para-hydroxylation sites is 1. The van der Waals surface area contributed by atoms with E-state index in [0.29, 0.717) is 6.54 Å². The van der Waals surface area contributed by atoms with E-state index in [0.717, 1.165) is 11.4 Å². The second kappa shape index (κ2) is 6.31. The molecule has 110 valence electrons. The van der Waals surface area contributed by atoms with Crippen molar-refractivity contribution in [3.05, 3.63) is 72.8 Å². The number of fused-ring (bicyclic) bond motifs is 1. The Morgan fingerprint density at radius 2 is 1.59 bits per heavy atom. The van der Waals surface area contributed by atoms with Crippen molar-refractivity contribution in [2.45, 2.75) is 0 Å². The molecule has 0 unspecified atom stereocenters. The van der Waals surface area contributed by atoms with E-state index in [9.17, 15) is 4.79 Å². The van der Waals surface area contributed by atoms with Crippen LogP contribution in [0.15, 0.2) is 72.8 Å². The summed E-state index contributed by atoms with van der Waals surface area (Å²) in [5.41, 5.74) is 1.85. The second-order valence-electron chi connectivity index (χ2n) is 5.30. The van der Waals surface area contributed by atoms with Crippen LogP contribution in [0.25, 0.3) is 10.8 Å². The molecule has 3 rings (SSSR count). The minimum atomic E-state index is -0.0261. The topological polar surface area (TPSA) is 32.3 Å². The molecule has 3 aromatic rings. The molecule has 0 saturated heterocycles. The first-order valence-corrected chi connectivity index (χ1v) is 7.27. The number of hydrogen-bond donors (Lipinski definition) is 1. The molecule has 0 saturated carbocycles. The number of nitrogens with zero attached hydrogens (tertiary/aromatic N) is 1. The lowest BCUT2D eigenvalue weighted by Gasteiger charge is -2.19. The molecule has 0 aliphatic carbocycles. The highest BCUT2D eigenvalue weighted by Crippen LogP contribution is 2.21. The van der Waals surface area contributed by atoms with E-state index in [-0.39, 0.29) is 5.91 Å². The molecule has 3 aromatic carbocycles. The molecule has 0 aliphatic heterocycles. The van der Waals surface area contributed by atoms with Gasteiger partial charge in [0.2, 0.25) is 5.91 Å². The molecular formula is C19H18N2O. The van der Waals surface area contributed by atoms with Crippen molar-refractivity contribution in [2.24, 2.45) is 0 Å². The standard InChI is InChI=1S/C19H18N2O/c1-21(14-19(22)20-17-9-3-2-4-10-17)18-12-11-15-7-5-6-8-16(15)13-18/h2-13H,14H2,1H3,(H,20,22). The zero-order chi connectivity index (χ0) is 15.4. The van der Waals surface area contributed by atoms with Crippen molar-refractivity contribution in [3.63, 3.8) is 0 Å². The van der Waals surface area contributed by atoms with Crippen LogP contribution >= 0.6 is 0 Å². The summed E-state index contributed by atoms with van der Waals surface area (Å²) in [6.45, 7) is 0.313. The first-order valence-electron chi connectivity index (χ1n) is 7.27. The van der Waals surface area contributed by atoms with Crippen molar-refractivity contribution in [1.82, 2.24) is 0 Å². The third-order valence-corrected chi connectivity index (χ3v) is 3.61. The molecule has 0 heterocycles. The average Bonchev–Trinajstić information content (AvgIpc) is 2.55. The van der Waals surface area contributed by atoms with Gasteiger partial charge in [0.05, 0.1) is 6.54 Å². The lowest BCUT2D eigenvalue weighted by atomic mass is 10.1. The molecule has 0 spiro atoms. The molecule has 0 bridgehead atoms. The molecular weight excluding hydrogens is 272 g/mol. The number of rotatable bonds is 4. The van der Waals surface area contributed by atoms with Crippen LogP contribution in [0.2, 0.25) is 0 Å². The largest absolute Gasteiger partial charge is 0.365 e. The molecule has 0 atom stereocenters. The van der Waals surface area contributed by atoms with E-state index in [4.69, 9.17) is 0 Å². The Bertz CT molecular complexity index is 784. The number of benzene rings is 3. The fourth-order valence-corrected chi connectivity index (χ4v) is 2.44. The van der Waals surface area contributed by atoms with Crippen molar-refractivity contribution in [3.8, 4) is 0 Å². The summed E-state index contributed by atoms with van der Waals surface area (Å²) in [7, 11) is 1.93. The maximum absolute atomic E-state index is 12.1. The summed E-state index contributed by atoms with van der Waals surface area (Å²) >= 11 is 0. The fourth-order valence-electron chi connectivity index (χ4n) is 2.44. The number of hydrogen-bond acceptors (Lipinski definition) is 2. The van der Waals surface area contributed by atoms with E-state index in [1.54, 1.807) is 0 Å². The van der Waals surface area contributed by atoms with Gasteiger partial charge in [0.25, 0.3) is 0 Å². The Labute approximate surface area is 130 Å². The molecule has 0 fully saturated rings. The van der Waals surface area contributed by atoms with Crippen LogP contribution in [0.3, 0.4) is 0 Å². The summed E-state index contributed by atoms with van der Waals surface area (Å²) in [6.07, 6.45) is 0. The molecule has 1 amide bonds. The Hall–Kier alpha value is -2.81. The summed E-state index contributed by atoms with van der Waals surface area (Å²) in [5.74, 6) is -0.0261. The maximum Gasteiger partial charge on any atom is 0.243 e. The number of carbonyl (C=O) groups excluding carboxylic acids is 1. The fraction of sp³-hybridized carbons (Fsp3) is 0.105. The highest BCUT2D eigenvalue weighted by Gasteiger charge is 2.08. The minimum Gasteiger partial charge on any atom is -0.365 e. The zero-order valence-electron chi connectivity index (χ0n) is 12.5. The van der Waals surface area contributed by atoms with E-state index in [2.05, 4.69) is 29.6 Å². The maximum atomic E-state index is 12.1.